The zero-order chi connectivity index (χ0) is 16.1. The quantitative estimate of drug-likeness (QED) is 0.882. The van der Waals surface area contributed by atoms with Gasteiger partial charge in [-0.15, -0.1) is 0 Å². The summed E-state index contributed by atoms with van der Waals surface area (Å²) >= 11 is 1.91. The van der Waals surface area contributed by atoms with Crippen LogP contribution in [0.2, 0.25) is 0 Å². The maximum atomic E-state index is 12.2. The summed E-state index contributed by atoms with van der Waals surface area (Å²) in [6, 6.07) is 10.3. The van der Waals surface area contributed by atoms with Crippen molar-refractivity contribution >= 4 is 17.7 Å². The van der Waals surface area contributed by atoms with Crippen LogP contribution >= 0.6 is 11.8 Å². The highest BCUT2D eigenvalue weighted by molar-refractivity contribution is 7.99. The van der Waals surface area contributed by atoms with Crippen LogP contribution in [0.3, 0.4) is 0 Å². The van der Waals surface area contributed by atoms with Gasteiger partial charge in [0.2, 0.25) is 5.91 Å². The number of thioether (sulfide) groups is 1. The zero-order valence-corrected chi connectivity index (χ0v) is 14.1. The Morgan fingerprint density at radius 1 is 1.52 bits per heavy atom. The molecule has 0 bridgehead atoms. The summed E-state index contributed by atoms with van der Waals surface area (Å²) < 4.78 is 1.82. The maximum Gasteiger partial charge on any atom is 0.222 e. The third-order valence-electron chi connectivity index (χ3n) is 3.95. The van der Waals surface area contributed by atoms with Crippen LogP contribution in [0.1, 0.15) is 24.9 Å². The van der Waals surface area contributed by atoms with Gasteiger partial charge in [0.15, 0.2) is 0 Å². The summed E-state index contributed by atoms with van der Waals surface area (Å²) in [5.41, 5.74) is 2.08. The fraction of sp³-hybridized carbons (Fsp3) is 0.412. The molecule has 2 N–H and O–H groups in total. The number of amides is 1. The van der Waals surface area contributed by atoms with Crippen molar-refractivity contribution in [1.29, 1.82) is 0 Å². The summed E-state index contributed by atoms with van der Waals surface area (Å²) in [5.74, 6) is 2.24. The first-order valence-corrected chi connectivity index (χ1v) is 9.08. The standard InChI is InChI=1S/C17H22N4OS/c1-13(20-17(22)11-15-12-23-9-7-18-15)14-4-2-5-16(10-14)21-8-3-6-19-21/h2-6,8,10,13,15,18H,7,9,11-12H2,1H3,(H,20,22). The van der Waals surface area contributed by atoms with Gasteiger partial charge in [0.05, 0.1) is 11.7 Å². The third-order valence-corrected chi connectivity index (χ3v) is 5.08. The topological polar surface area (TPSA) is 59.0 Å². The number of carbonyl (C=O) groups excluding carboxylic acids is 1. The smallest absolute Gasteiger partial charge is 0.222 e. The normalized spacial score (nSPS) is 19.3. The van der Waals surface area contributed by atoms with Crippen molar-refractivity contribution in [2.75, 3.05) is 18.1 Å². The van der Waals surface area contributed by atoms with Gasteiger partial charge in [-0.05, 0) is 30.7 Å². The monoisotopic (exact) mass is 330 g/mol. The summed E-state index contributed by atoms with van der Waals surface area (Å²) in [6.45, 7) is 3.01. The maximum absolute atomic E-state index is 12.2. The minimum atomic E-state index is -0.0192. The van der Waals surface area contributed by atoms with E-state index in [0.29, 0.717) is 6.42 Å². The molecule has 1 amide bonds. The molecule has 0 spiro atoms. The van der Waals surface area contributed by atoms with E-state index in [0.717, 1.165) is 29.3 Å². The molecule has 0 saturated carbocycles. The number of hydrogen-bond donors (Lipinski definition) is 2. The Morgan fingerprint density at radius 3 is 3.17 bits per heavy atom. The fourth-order valence-electron chi connectivity index (χ4n) is 2.72. The van der Waals surface area contributed by atoms with Crippen LogP contribution in [-0.4, -0.2) is 39.8 Å². The summed E-state index contributed by atoms with van der Waals surface area (Å²) in [7, 11) is 0. The van der Waals surface area contributed by atoms with Crippen LogP contribution in [0.15, 0.2) is 42.7 Å². The second-order valence-corrected chi connectivity index (χ2v) is 6.91. The SMILES string of the molecule is CC(NC(=O)CC1CSCCN1)c1cccc(-n2cccn2)c1. The van der Waals surface area contributed by atoms with Gasteiger partial charge in [-0.3, -0.25) is 4.79 Å². The predicted octanol–water partition coefficient (Wildman–Crippen LogP) is 2.14. The third kappa shape index (κ3) is 4.36. The highest BCUT2D eigenvalue weighted by atomic mass is 32.2. The number of benzene rings is 1. The Morgan fingerprint density at radius 2 is 2.43 bits per heavy atom. The van der Waals surface area contributed by atoms with Gasteiger partial charge >= 0.3 is 0 Å². The first-order chi connectivity index (χ1) is 11.2. The van der Waals surface area contributed by atoms with E-state index in [4.69, 9.17) is 0 Å². The molecule has 2 unspecified atom stereocenters. The van der Waals surface area contributed by atoms with Gasteiger partial charge in [0.1, 0.15) is 0 Å². The van der Waals surface area contributed by atoms with Crippen molar-refractivity contribution in [3.63, 3.8) is 0 Å². The van der Waals surface area contributed by atoms with Crippen molar-refractivity contribution in [3.05, 3.63) is 48.3 Å². The summed E-state index contributed by atoms with van der Waals surface area (Å²) in [4.78, 5) is 12.2. The number of nitrogens with one attached hydrogen (secondary N) is 2. The molecule has 23 heavy (non-hydrogen) atoms. The first-order valence-electron chi connectivity index (χ1n) is 7.93. The van der Waals surface area contributed by atoms with Crippen molar-refractivity contribution in [1.82, 2.24) is 20.4 Å². The van der Waals surface area contributed by atoms with Gasteiger partial charge in [0.25, 0.3) is 0 Å². The first kappa shape index (κ1) is 16.1. The molecule has 5 nitrogen and oxygen atoms in total. The average Bonchev–Trinajstić information content (AvgIpc) is 3.10. The highest BCUT2D eigenvalue weighted by Crippen LogP contribution is 2.17. The van der Waals surface area contributed by atoms with Crippen molar-refractivity contribution in [2.24, 2.45) is 0 Å². The van der Waals surface area contributed by atoms with E-state index < -0.39 is 0 Å². The van der Waals surface area contributed by atoms with E-state index in [9.17, 15) is 4.79 Å². The van der Waals surface area contributed by atoms with E-state index in [1.54, 1.807) is 6.20 Å². The number of aromatic nitrogens is 2. The molecule has 1 aliphatic rings. The second-order valence-electron chi connectivity index (χ2n) is 5.76. The van der Waals surface area contributed by atoms with Gasteiger partial charge in [-0.25, -0.2) is 4.68 Å². The molecule has 3 rings (SSSR count). The van der Waals surface area contributed by atoms with E-state index in [1.165, 1.54) is 0 Å². The van der Waals surface area contributed by atoms with Crippen LogP contribution in [0, 0.1) is 0 Å². The lowest BCUT2D eigenvalue weighted by atomic mass is 10.1. The molecule has 1 fully saturated rings. The molecule has 6 heteroatoms. The lowest BCUT2D eigenvalue weighted by Crippen LogP contribution is -2.41. The molecule has 1 aromatic heterocycles. The number of nitrogens with zero attached hydrogens (tertiary/aromatic N) is 2. The molecule has 2 heterocycles. The molecule has 1 aliphatic heterocycles. The van der Waals surface area contributed by atoms with Crippen LogP contribution in [0.25, 0.3) is 5.69 Å². The second kappa shape index (κ2) is 7.66. The largest absolute Gasteiger partial charge is 0.350 e. The molecule has 1 saturated heterocycles. The number of carbonyl (C=O) groups is 1. The Balaban J connectivity index is 1.60. The van der Waals surface area contributed by atoms with Crippen LogP contribution in [-0.2, 0) is 4.79 Å². The predicted molar refractivity (Wildman–Crippen MR) is 93.9 cm³/mol. The van der Waals surface area contributed by atoms with Crippen molar-refractivity contribution in [3.8, 4) is 5.69 Å². The van der Waals surface area contributed by atoms with Crippen molar-refractivity contribution < 1.29 is 4.79 Å². The highest BCUT2D eigenvalue weighted by Gasteiger charge is 2.18. The van der Waals surface area contributed by atoms with Gasteiger partial charge in [-0.1, -0.05) is 12.1 Å². The molecule has 2 aromatic rings. The summed E-state index contributed by atoms with van der Waals surface area (Å²) in [5, 5.41) is 10.7. The molecule has 0 aliphatic carbocycles. The molecular formula is C17H22N4OS. The average molecular weight is 330 g/mol. The van der Waals surface area contributed by atoms with Crippen molar-refractivity contribution in [2.45, 2.75) is 25.4 Å². The van der Waals surface area contributed by atoms with Crippen LogP contribution in [0.4, 0.5) is 0 Å². The fourth-order valence-corrected chi connectivity index (χ4v) is 3.67. The van der Waals surface area contributed by atoms with Gasteiger partial charge in [0, 0.05) is 42.9 Å². The van der Waals surface area contributed by atoms with Gasteiger partial charge in [-0.2, -0.15) is 16.9 Å². The molecular weight excluding hydrogens is 308 g/mol. The van der Waals surface area contributed by atoms with Crippen LogP contribution < -0.4 is 10.6 Å². The Labute approximate surface area is 140 Å². The van der Waals surface area contributed by atoms with Gasteiger partial charge < -0.3 is 10.6 Å². The molecule has 122 valence electrons. The lowest BCUT2D eigenvalue weighted by Gasteiger charge is -2.23. The van der Waals surface area contributed by atoms with E-state index in [2.05, 4.69) is 21.8 Å². The van der Waals surface area contributed by atoms with Crippen LogP contribution in [0.5, 0.6) is 0 Å². The lowest BCUT2D eigenvalue weighted by molar-refractivity contribution is -0.122. The number of hydrogen-bond acceptors (Lipinski definition) is 4. The summed E-state index contributed by atoms with van der Waals surface area (Å²) in [6.07, 6.45) is 4.21. The van der Waals surface area contributed by atoms with E-state index >= 15 is 0 Å². The minimum absolute atomic E-state index is 0.0192. The zero-order valence-electron chi connectivity index (χ0n) is 13.2. The Hall–Kier alpha value is -1.79. The Bertz CT molecular complexity index is 638. The minimum Gasteiger partial charge on any atom is -0.350 e. The molecule has 1 aromatic carbocycles. The van der Waals surface area contributed by atoms with E-state index in [1.807, 2.05) is 53.8 Å². The molecule has 0 radical (unpaired) electrons. The van der Waals surface area contributed by atoms with E-state index in [-0.39, 0.29) is 18.0 Å². The number of rotatable bonds is 5. The molecule has 2 atom stereocenters. The Kier molecular flexibility index (Phi) is 5.35.